The first-order chi connectivity index (χ1) is 22.3. The molecule has 0 spiro atoms. The Morgan fingerprint density at radius 2 is 1.46 bits per heavy atom. The molecule has 0 aliphatic carbocycles. The number of nitrogens with zero attached hydrogens (tertiary/aromatic N) is 5. The predicted molar refractivity (Wildman–Crippen MR) is 193 cm³/mol. The van der Waals surface area contributed by atoms with E-state index in [0.717, 1.165) is 36.3 Å². The average Bonchev–Trinajstić information content (AvgIpc) is 3.32. The molecule has 0 unspecified atom stereocenters. The lowest BCUT2D eigenvalue weighted by atomic mass is 10.0. The molecule has 0 bridgehead atoms. The molecule has 2 aromatic rings. The number of amides is 1. The molecule has 2 aliphatic heterocycles. The number of hydrogen-bond acceptors (Lipinski definition) is 7. The summed E-state index contributed by atoms with van der Waals surface area (Å²) in [4.78, 5) is 33.8. The summed E-state index contributed by atoms with van der Waals surface area (Å²) in [7, 11) is 0. The van der Waals surface area contributed by atoms with Gasteiger partial charge in [0.1, 0.15) is 27.6 Å². The SMILES string of the molecule is CCCCCCCCCCCCN1C(=O)C(=Cc2c(C)c(C#N)c(=O)n(CCC)c2N2CCN(c3ccc(F)cc3)CC2)SC1=S. The minimum absolute atomic E-state index is 0.106. The van der Waals surface area contributed by atoms with Crippen LogP contribution in [0.25, 0.3) is 6.08 Å². The number of nitriles is 1. The number of pyridine rings is 1. The third-order valence-corrected chi connectivity index (χ3v) is 10.3. The lowest BCUT2D eigenvalue weighted by Gasteiger charge is -2.39. The van der Waals surface area contributed by atoms with Crippen molar-refractivity contribution in [1.29, 1.82) is 5.26 Å². The smallest absolute Gasteiger partial charge is 0.270 e. The summed E-state index contributed by atoms with van der Waals surface area (Å²) >= 11 is 6.96. The third kappa shape index (κ3) is 8.80. The molecule has 7 nitrogen and oxygen atoms in total. The second-order valence-electron chi connectivity index (χ2n) is 12.3. The maximum atomic E-state index is 13.6. The molecular weight excluding hydrogens is 618 g/mol. The predicted octanol–water partition coefficient (Wildman–Crippen LogP) is 8.03. The van der Waals surface area contributed by atoms with Crippen molar-refractivity contribution < 1.29 is 9.18 Å². The van der Waals surface area contributed by atoms with Crippen molar-refractivity contribution in [1.82, 2.24) is 9.47 Å². The number of unbranched alkanes of at least 4 members (excludes halogenated alkanes) is 9. The average molecular weight is 666 g/mol. The zero-order valence-corrected chi connectivity index (χ0v) is 29.3. The summed E-state index contributed by atoms with van der Waals surface area (Å²) in [5.41, 5.74) is 2.06. The number of benzene rings is 1. The fraction of sp³-hybridized carbons (Fsp3) is 0.556. The molecule has 248 valence electrons. The minimum atomic E-state index is -0.302. The second-order valence-corrected chi connectivity index (χ2v) is 13.9. The highest BCUT2D eigenvalue weighted by Gasteiger charge is 2.33. The van der Waals surface area contributed by atoms with Gasteiger partial charge in [0.2, 0.25) is 0 Å². The zero-order valence-electron chi connectivity index (χ0n) is 27.7. The van der Waals surface area contributed by atoms with Crippen LogP contribution >= 0.6 is 24.0 Å². The Bertz CT molecular complexity index is 1490. The van der Waals surface area contributed by atoms with Gasteiger partial charge in [-0.05, 0) is 55.7 Å². The summed E-state index contributed by atoms with van der Waals surface area (Å²) in [5.74, 6) is 0.365. The van der Waals surface area contributed by atoms with Gasteiger partial charge in [-0.25, -0.2) is 4.39 Å². The lowest BCUT2D eigenvalue weighted by Crippen LogP contribution is -2.48. The third-order valence-electron chi connectivity index (χ3n) is 8.95. The summed E-state index contributed by atoms with van der Waals surface area (Å²) in [6.07, 6.45) is 14.8. The molecule has 10 heteroatoms. The van der Waals surface area contributed by atoms with E-state index in [2.05, 4.69) is 22.8 Å². The first-order valence-electron chi connectivity index (χ1n) is 17.0. The van der Waals surface area contributed by atoms with Gasteiger partial charge in [-0.15, -0.1) is 0 Å². The first-order valence-corrected chi connectivity index (χ1v) is 18.2. The van der Waals surface area contributed by atoms with Crippen LogP contribution in [0.2, 0.25) is 0 Å². The summed E-state index contributed by atoms with van der Waals surface area (Å²) in [6.45, 7) is 9.75. The van der Waals surface area contributed by atoms with E-state index in [0.29, 0.717) is 54.1 Å². The molecular formula is C36H48FN5O2S2. The van der Waals surface area contributed by atoms with E-state index in [-0.39, 0.29) is 22.8 Å². The second kappa shape index (κ2) is 17.7. The fourth-order valence-electron chi connectivity index (χ4n) is 6.33. The van der Waals surface area contributed by atoms with Gasteiger partial charge in [0, 0.05) is 50.5 Å². The number of carbonyl (C=O) groups is 1. The molecule has 2 fully saturated rings. The van der Waals surface area contributed by atoms with Gasteiger partial charge in [-0.2, -0.15) is 5.26 Å². The van der Waals surface area contributed by atoms with Gasteiger partial charge in [-0.1, -0.05) is 95.6 Å². The number of anilines is 2. The molecule has 4 rings (SSSR count). The van der Waals surface area contributed by atoms with E-state index < -0.39 is 0 Å². The number of thiocarbonyl (C=S) groups is 1. The Morgan fingerprint density at radius 1 is 0.870 bits per heavy atom. The van der Waals surface area contributed by atoms with E-state index in [4.69, 9.17) is 12.2 Å². The Balaban J connectivity index is 1.51. The van der Waals surface area contributed by atoms with Crippen molar-refractivity contribution in [2.45, 2.75) is 97.9 Å². The summed E-state index contributed by atoms with van der Waals surface area (Å²) < 4.78 is 15.8. The molecule has 3 heterocycles. The topological polar surface area (TPSA) is 72.6 Å². The normalized spacial score (nSPS) is 16.2. The molecule has 2 saturated heterocycles. The molecule has 0 saturated carbocycles. The quantitative estimate of drug-likeness (QED) is 0.102. The zero-order chi connectivity index (χ0) is 33.1. The maximum absolute atomic E-state index is 13.6. The molecule has 46 heavy (non-hydrogen) atoms. The van der Waals surface area contributed by atoms with E-state index in [1.165, 1.54) is 75.3 Å². The van der Waals surface area contributed by atoms with Crippen LogP contribution in [0, 0.1) is 24.1 Å². The standard InChI is InChI=1S/C36H48FN5O2S2/c1-4-6-7-8-9-10-11-12-13-14-20-42-35(44)32(46-36(42)45)25-30-27(3)31(26-38)34(43)41(19-5-2)33(30)40-23-21-39(22-24-40)29-17-15-28(37)16-18-29/h15-18,25H,4-14,19-24H2,1-3H3. The fourth-order valence-corrected chi connectivity index (χ4v) is 7.62. The van der Waals surface area contributed by atoms with Crippen molar-refractivity contribution in [3.05, 3.63) is 62.0 Å². The van der Waals surface area contributed by atoms with Crippen molar-refractivity contribution in [3.8, 4) is 6.07 Å². The number of hydrogen-bond donors (Lipinski definition) is 0. The van der Waals surface area contributed by atoms with E-state index in [1.54, 1.807) is 28.5 Å². The van der Waals surface area contributed by atoms with Crippen LogP contribution in [-0.2, 0) is 11.3 Å². The number of rotatable bonds is 16. The van der Waals surface area contributed by atoms with E-state index in [9.17, 15) is 19.2 Å². The molecule has 1 amide bonds. The molecule has 1 aromatic carbocycles. The van der Waals surface area contributed by atoms with Gasteiger partial charge in [0.25, 0.3) is 11.5 Å². The highest BCUT2D eigenvalue weighted by Crippen LogP contribution is 2.36. The molecule has 0 atom stereocenters. The van der Waals surface area contributed by atoms with Crippen LogP contribution in [0.4, 0.5) is 15.9 Å². The van der Waals surface area contributed by atoms with Crippen molar-refractivity contribution >= 4 is 51.8 Å². The summed E-state index contributed by atoms with van der Waals surface area (Å²) in [6, 6.07) is 8.64. The van der Waals surface area contributed by atoms with Gasteiger partial charge in [-0.3, -0.25) is 19.1 Å². The van der Waals surface area contributed by atoms with Crippen molar-refractivity contribution in [3.63, 3.8) is 0 Å². The Morgan fingerprint density at radius 3 is 2.04 bits per heavy atom. The Hall–Kier alpha value is -3.16. The van der Waals surface area contributed by atoms with Crippen LogP contribution in [0.5, 0.6) is 0 Å². The number of carbonyl (C=O) groups excluding carboxylic acids is 1. The van der Waals surface area contributed by atoms with Gasteiger partial charge >= 0.3 is 0 Å². The largest absolute Gasteiger partial charge is 0.368 e. The number of piperazine rings is 1. The van der Waals surface area contributed by atoms with Gasteiger partial charge < -0.3 is 9.80 Å². The van der Waals surface area contributed by atoms with Crippen LogP contribution < -0.4 is 15.4 Å². The molecule has 0 N–H and O–H groups in total. The Kier molecular flexibility index (Phi) is 13.7. The number of aromatic nitrogens is 1. The molecule has 1 aromatic heterocycles. The van der Waals surface area contributed by atoms with Crippen LogP contribution in [-0.4, -0.2) is 52.4 Å². The van der Waals surface area contributed by atoms with Crippen LogP contribution in [0.3, 0.4) is 0 Å². The molecule has 0 radical (unpaired) electrons. The number of thioether (sulfide) groups is 1. The highest BCUT2D eigenvalue weighted by atomic mass is 32.2. The van der Waals surface area contributed by atoms with E-state index in [1.807, 2.05) is 13.0 Å². The van der Waals surface area contributed by atoms with Crippen molar-refractivity contribution in [2.75, 3.05) is 42.5 Å². The Labute approximate surface area is 283 Å². The van der Waals surface area contributed by atoms with Gasteiger partial charge in [0.05, 0.1) is 4.91 Å². The highest BCUT2D eigenvalue weighted by molar-refractivity contribution is 8.26. The van der Waals surface area contributed by atoms with Gasteiger partial charge in [0.15, 0.2) is 0 Å². The van der Waals surface area contributed by atoms with Crippen LogP contribution in [0.15, 0.2) is 34.0 Å². The monoisotopic (exact) mass is 665 g/mol. The van der Waals surface area contributed by atoms with E-state index >= 15 is 0 Å². The molecule has 2 aliphatic rings. The minimum Gasteiger partial charge on any atom is -0.368 e. The van der Waals surface area contributed by atoms with Crippen molar-refractivity contribution in [2.24, 2.45) is 0 Å². The summed E-state index contributed by atoms with van der Waals surface area (Å²) in [5, 5.41) is 9.99. The lowest BCUT2D eigenvalue weighted by molar-refractivity contribution is -0.122. The maximum Gasteiger partial charge on any atom is 0.270 e. The number of halogens is 1. The van der Waals surface area contributed by atoms with Crippen LogP contribution in [0.1, 0.15) is 101 Å². The first kappa shape index (κ1) is 35.7.